The van der Waals surface area contributed by atoms with Gasteiger partial charge in [-0.2, -0.15) is 0 Å². The third-order valence-electron chi connectivity index (χ3n) is 3.23. The number of amides is 2. The second kappa shape index (κ2) is 5.05. The fraction of sp³-hybridized carbons (Fsp3) is 0.538. The van der Waals surface area contributed by atoms with Crippen LogP contribution in [0.15, 0.2) is 22.8 Å². The number of nitrogens with one attached hydrogen (secondary N) is 1. The number of β-amino-alcohol motifs (C(OH)–C–C–N with tert-alkyl or cyclic N) is 1. The van der Waals surface area contributed by atoms with Crippen LogP contribution in [0.5, 0.6) is 0 Å². The average molecular weight is 266 g/mol. The molecule has 6 heteroatoms. The molecule has 1 aromatic heterocycles. The van der Waals surface area contributed by atoms with Crippen LogP contribution >= 0.6 is 0 Å². The monoisotopic (exact) mass is 266 g/mol. The van der Waals surface area contributed by atoms with Crippen LogP contribution < -0.4 is 5.32 Å². The number of furan rings is 1. The number of hydrogen-bond donors (Lipinski definition) is 2. The minimum absolute atomic E-state index is 0.174. The van der Waals surface area contributed by atoms with Crippen LogP contribution in [-0.2, 0) is 4.79 Å². The Morgan fingerprint density at radius 2 is 2.32 bits per heavy atom. The Morgan fingerprint density at radius 3 is 2.84 bits per heavy atom. The van der Waals surface area contributed by atoms with E-state index < -0.39 is 17.6 Å². The molecule has 0 spiro atoms. The van der Waals surface area contributed by atoms with E-state index in [2.05, 4.69) is 5.32 Å². The zero-order valence-corrected chi connectivity index (χ0v) is 11.0. The van der Waals surface area contributed by atoms with E-state index in [1.807, 2.05) is 0 Å². The summed E-state index contributed by atoms with van der Waals surface area (Å²) in [6.07, 6.45) is 1.96. The zero-order chi connectivity index (χ0) is 14.0. The highest BCUT2D eigenvalue weighted by Crippen LogP contribution is 2.20. The predicted molar refractivity (Wildman–Crippen MR) is 67.5 cm³/mol. The molecule has 2 unspecified atom stereocenters. The van der Waals surface area contributed by atoms with Crippen molar-refractivity contribution in [3.63, 3.8) is 0 Å². The number of hydrogen-bond acceptors (Lipinski definition) is 4. The van der Waals surface area contributed by atoms with Gasteiger partial charge in [0.05, 0.1) is 11.9 Å². The number of carbonyl (C=O) groups excluding carboxylic acids is 2. The minimum atomic E-state index is -0.833. The average Bonchev–Trinajstić information content (AvgIpc) is 2.96. The maximum atomic E-state index is 12.1. The molecule has 2 heterocycles. The van der Waals surface area contributed by atoms with Crippen molar-refractivity contribution >= 4 is 11.8 Å². The minimum Gasteiger partial charge on any atom is -0.459 e. The maximum absolute atomic E-state index is 12.1. The summed E-state index contributed by atoms with van der Waals surface area (Å²) < 4.78 is 4.96. The van der Waals surface area contributed by atoms with E-state index in [4.69, 9.17) is 4.42 Å². The molecule has 2 atom stereocenters. The third kappa shape index (κ3) is 3.14. The first kappa shape index (κ1) is 13.6. The summed E-state index contributed by atoms with van der Waals surface area (Å²) in [4.78, 5) is 25.4. The summed E-state index contributed by atoms with van der Waals surface area (Å²) in [6.45, 7) is 4.13. The van der Waals surface area contributed by atoms with E-state index >= 15 is 0 Å². The second-order valence-electron chi connectivity index (χ2n) is 5.18. The van der Waals surface area contributed by atoms with Gasteiger partial charge >= 0.3 is 0 Å². The summed E-state index contributed by atoms with van der Waals surface area (Å²) in [5, 5.41) is 12.4. The first-order valence-electron chi connectivity index (χ1n) is 6.24. The fourth-order valence-electron chi connectivity index (χ4n) is 2.14. The molecule has 1 fully saturated rings. The number of aliphatic hydroxyl groups is 1. The molecule has 19 heavy (non-hydrogen) atoms. The van der Waals surface area contributed by atoms with Crippen molar-refractivity contribution in [3.05, 3.63) is 24.2 Å². The van der Waals surface area contributed by atoms with E-state index in [9.17, 15) is 14.7 Å². The molecule has 1 aromatic rings. The van der Waals surface area contributed by atoms with Gasteiger partial charge < -0.3 is 19.7 Å². The smallest absolute Gasteiger partial charge is 0.287 e. The number of nitrogens with zero attached hydrogens (tertiary/aromatic N) is 1. The molecule has 6 nitrogen and oxygen atoms in total. The molecule has 1 aliphatic rings. The van der Waals surface area contributed by atoms with Gasteiger partial charge in [0.2, 0.25) is 5.91 Å². The molecule has 2 N–H and O–H groups in total. The Hall–Kier alpha value is -1.82. The van der Waals surface area contributed by atoms with E-state index in [0.29, 0.717) is 19.5 Å². The topological polar surface area (TPSA) is 82.8 Å². The Labute approximate surface area is 111 Å². The molecule has 0 aromatic carbocycles. The van der Waals surface area contributed by atoms with Crippen LogP contribution in [0.25, 0.3) is 0 Å². The van der Waals surface area contributed by atoms with Gasteiger partial charge in [0, 0.05) is 13.1 Å². The fourth-order valence-corrected chi connectivity index (χ4v) is 2.14. The maximum Gasteiger partial charge on any atom is 0.287 e. The van der Waals surface area contributed by atoms with Crippen LogP contribution in [0.2, 0.25) is 0 Å². The van der Waals surface area contributed by atoms with Gasteiger partial charge in [0.25, 0.3) is 5.91 Å². The van der Waals surface area contributed by atoms with E-state index in [0.717, 1.165) is 0 Å². The van der Waals surface area contributed by atoms with Crippen molar-refractivity contribution < 1.29 is 19.1 Å². The van der Waals surface area contributed by atoms with Gasteiger partial charge in [0.1, 0.15) is 6.04 Å². The zero-order valence-electron chi connectivity index (χ0n) is 11.0. The highest BCUT2D eigenvalue weighted by molar-refractivity contribution is 5.95. The molecule has 2 rings (SSSR count). The van der Waals surface area contributed by atoms with Gasteiger partial charge in [-0.05, 0) is 32.4 Å². The molecule has 0 saturated carbocycles. The van der Waals surface area contributed by atoms with E-state index in [-0.39, 0.29) is 11.7 Å². The van der Waals surface area contributed by atoms with Crippen molar-refractivity contribution in [1.82, 2.24) is 10.2 Å². The Morgan fingerprint density at radius 1 is 1.58 bits per heavy atom. The van der Waals surface area contributed by atoms with Crippen LogP contribution in [0.4, 0.5) is 0 Å². The van der Waals surface area contributed by atoms with Crippen molar-refractivity contribution in [2.45, 2.75) is 31.9 Å². The largest absolute Gasteiger partial charge is 0.459 e. The summed E-state index contributed by atoms with van der Waals surface area (Å²) >= 11 is 0. The standard InChI is InChI=1S/C13H18N2O4/c1-9(14-11(16)10-4-3-7-19-10)12(17)15-6-5-13(2,18)8-15/h3-4,7,9,18H,5-6,8H2,1-2H3,(H,14,16). The first-order chi connectivity index (χ1) is 8.89. The molecule has 104 valence electrons. The van der Waals surface area contributed by atoms with Crippen molar-refractivity contribution in [1.29, 1.82) is 0 Å². The number of carbonyl (C=O) groups is 2. The Bertz CT molecular complexity index is 467. The molecular formula is C13H18N2O4. The van der Waals surface area contributed by atoms with Crippen LogP contribution in [0, 0.1) is 0 Å². The highest BCUT2D eigenvalue weighted by Gasteiger charge is 2.35. The lowest BCUT2D eigenvalue weighted by Gasteiger charge is -2.22. The van der Waals surface area contributed by atoms with Crippen molar-refractivity contribution in [2.75, 3.05) is 13.1 Å². The molecule has 0 aliphatic carbocycles. The van der Waals surface area contributed by atoms with Gasteiger partial charge in [-0.1, -0.05) is 0 Å². The Kier molecular flexibility index (Phi) is 3.61. The molecule has 0 bridgehead atoms. The molecule has 2 amide bonds. The van der Waals surface area contributed by atoms with Gasteiger partial charge in [-0.25, -0.2) is 0 Å². The van der Waals surface area contributed by atoms with E-state index in [1.54, 1.807) is 24.8 Å². The lowest BCUT2D eigenvalue weighted by Crippen LogP contribution is -2.47. The number of likely N-dealkylation sites (tertiary alicyclic amines) is 1. The van der Waals surface area contributed by atoms with Crippen LogP contribution in [0.3, 0.4) is 0 Å². The summed E-state index contributed by atoms with van der Waals surface area (Å²) in [5.74, 6) is -0.442. The lowest BCUT2D eigenvalue weighted by atomic mass is 10.1. The molecular weight excluding hydrogens is 248 g/mol. The lowest BCUT2D eigenvalue weighted by molar-refractivity contribution is -0.132. The second-order valence-corrected chi connectivity index (χ2v) is 5.18. The molecule has 0 radical (unpaired) electrons. The normalized spacial score (nSPS) is 24.3. The van der Waals surface area contributed by atoms with Gasteiger partial charge in [-0.15, -0.1) is 0 Å². The Balaban J connectivity index is 1.91. The highest BCUT2D eigenvalue weighted by atomic mass is 16.3. The molecule has 1 aliphatic heterocycles. The van der Waals surface area contributed by atoms with Crippen molar-refractivity contribution in [3.8, 4) is 0 Å². The van der Waals surface area contributed by atoms with Crippen LogP contribution in [0.1, 0.15) is 30.8 Å². The van der Waals surface area contributed by atoms with Crippen molar-refractivity contribution in [2.24, 2.45) is 0 Å². The quantitative estimate of drug-likeness (QED) is 0.828. The number of rotatable bonds is 3. The van der Waals surface area contributed by atoms with Gasteiger partial charge in [-0.3, -0.25) is 9.59 Å². The van der Waals surface area contributed by atoms with Gasteiger partial charge in [0.15, 0.2) is 5.76 Å². The third-order valence-corrected chi connectivity index (χ3v) is 3.23. The van der Waals surface area contributed by atoms with Crippen LogP contribution in [-0.4, -0.2) is 46.6 Å². The SMILES string of the molecule is CC(NC(=O)c1ccco1)C(=O)N1CCC(C)(O)C1. The summed E-state index contributed by atoms with van der Waals surface area (Å²) in [5.41, 5.74) is -0.833. The first-order valence-corrected chi connectivity index (χ1v) is 6.24. The predicted octanol–water partition coefficient (Wildman–Crippen LogP) is 0.381. The van der Waals surface area contributed by atoms with E-state index in [1.165, 1.54) is 12.3 Å². The summed E-state index contributed by atoms with van der Waals surface area (Å²) in [6, 6.07) is 2.50. The molecule has 1 saturated heterocycles. The summed E-state index contributed by atoms with van der Waals surface area (Å²) in [7, 11) is 0.